The molecule has 0 aromatic carbocycles. The third kappa shape index (κ3) is 4.81. The average Bonchev–Trinajstić information content (AvgIpc) is 2.72. The molecule has 1 saturated carbocycles. The summed E-state index contributed by atoms with van der Waals surface area (Å²) >= 11 is 0. The third-order valence-electron chi connectivity index (χ3n) is 3.36. The van der Waals surface area contributed by atoms with Crippen LogP contribution in [0.3, 0.4) is 0 Å². The number of hydrogen-bond acceptors (Lipinski definition) is 3. The first-order valence-corrected chi connectivity index (χ1v) is 6.60. The Kier molecular flexibility index (Phi) is 6.32. The highest BCUT2D eigenvalue weighted by atomic mass is 16.5. The lowest BCUT2D eigenvalue weighted by Crippen LogP contribution is -2.38. The Bertz CT molecular complexity index is 177. The second kappa shape index (κ2) is 7.25. The number of nitrogens with two attached hydrogens (primary N) is 1. The van der Waals surface area contributed by atoms with E-state index in [1.807, 2.05) is 0 Å². The summed E-state index contributed by atoms with van der Waals surface area (Å²) in [6, 6.07) is 0. The van der Waals surface area contributed by atoms with E-state index in [0.29, 0.717) is 25.7 Å². The quantitative estimate of drug-likeness (QED) is 0.650. The molecule has 1 aliphatic rings. The second-order valence-corrected chi connectivity index (χ2v) is 5.24. The summed E-state index contributed by atoms with van der Waals surface area (Å²) in [6.45, 7) is 7.31. The Morgan fingerprint density at radius 1 is 1.12 bits per heavy atom. The van der Waals surface area contributed by atoms with Gasteiger partial charge in [-0.2, -0.15) is 0 Å². The van der Waals surface area contributed by atoms with Crippen LogP contribution in [0, 0.1) is 5.92 Å². The van der Waals surface area contributed by atoms with E-state index in [1.54, 1.807) is 0 Å². The van der Waals surface area contributed by atoms with Gasteiger partial charge in [0.2, 0.25) is 0 Å². The fourth-order valence-corrected chi connectivity index (χ4v) is 2.16. The summed E-state index contributed by atoms with van der Waals surface area (Å²) in [4.78, 5) is 0. The molecular formula is C13H27NO2. The average molecular weight is 229 g/mol. The molecule has 0 atom stereocenters. The standard InChI is InChI=1S/C13H27NO2/c1-12(2)5-8-15-9-10-16-13(11-14)6-3-4-7-13/h12H,3-11,14H2,1-2H3. The van der Waals surface area contributed by atoms with Crippen molar-refractivity contribution < 1.29 is 9.47 Å². The fraction of sp³-hybridized carbons (Fsp3) is 1.00. The van der Waals surface area contributed by atoms with Gasteiger partial charge in [-0.25, -0.2) is 0 Å². The van der Waals surface area contributed by atoms with Gasteiger partial charge in [-0.3, -0.25) is 0 Å². The lowest BCUT2D eigenvalue weighted by atomic mass is 10.0. The zero-order chi connectivity index (χ0) is 11.9. The summed E-state index contributed by atoms with van der Waals surface area (Å²) in [6.07, 6.45) is 5.88. The first-order chi connectivity index (χ1) is 7.68. The molecule has 0 unspecified atom stereocenters. The lowest BCUT2D eigenvalue weighted by molar-refractivity contribution is -0.0588. The van der Waals surface area contributed by atoms with E-state index in [0.717, 1.165) is 25.9 Å². The molecule has 0 bridgehead atoms. The first kappa shape index (κ1) is 13.9. The zero-order valence-electron chi connectivity index (χ0n) is 10.8. The summed E-state index contributed by atoms with van der Waals surface area (Å²) < 4.78 is 11.4. The molecule has 2 N–H and O–H groups in total. The molecule has 16 heavy (non-hydrogen) atoms. The van der Waals surface area contributed by atoms with Crippen LogP contribution >= 0.6 is 0 Å². The van der Waals surface area contributed by atoms with Crippen molar-refractivity contribution in [2.45, 2.75) is 51.6 Å². The van der Waals surface area contributed by atoms with Crippen molar-refractivity contribution in [2.75, 3.05) is 26.4 Å². The highest BCUT2D eigenvalue weighted by Crippen LogP contribution is 2.31. The highest BCUT2D eigenvalue weighted by molar-refractivity contribution is 4.87. The summed E-state index contributed by atoms with van der Waals surface area (Å²) in [5.74, 6) is 0.714. The Labute approximate surface area is 99.7 Å². The van der Waals surface area contributed by atoms with Crippen LogP contribution in [0.1, 0.15) is 46.0 Å². The highest BCUT2D eigenvalue weighted by Gasteiger charge is 2.32. The monoisotopic (exact) mass is 229 g/mol. The summed E-state index contributed by atoms with van der Waals surface area (Å²) in [5, 5.41) is 0. The van der Waals surface area contributed by atoms with Gasteiger partial charge in [0.1, 0.15) is 0 Å². The fourth-order valence-electron chi connectivity index (χ4n) is 2.16. The van der Waals surface area contributed by atoms with Crippen LogP contribution in [0.5, 0.6) is 0 Å². The van der Waals surface area contributed by atoms with Crippen molar-refractivity contribution in [3.05, 3.63) is 0 Å². The van der Waals surface area contributed by atoms with E-state index in [-0.39, 0.29) is 5.60 Å². The van der Waals surface area contributed by atoms with Gasteiger partial charge in [0.15, 0.2) is 0 Å². The maximum absolute atomic E-state index is 5.90. The Balaban J connectivity index is 2.01. The molecule has 0 aromatic heterocycles. The van der Waals surface area contributed by atoms with Crippen LogP contribution in [-0.2, 0) is 9.47 Å². The second-order valence-electron chi connectivity index (χ2n) is 5.24. The minimum absolute atomic E-state index is 0.0264. The van der Waals surface area contributed by atoms with Gasteiger partial charge in [0, 0.05) is 13.2 Å². The van der Waals surface area contributed by atoms with E-state index < -0.39 is 0 Å². The predicted molar refractivity (Wildman–Crippen MR) is 66.5 cm³/mol. The van der Waals surface area contributed by atoms with E-state index in [1.165, 1.54) is 12.8 Å². The molecule has 1 rings (SSSR count). The van der Waals surface area contributed by atoms with Crippen LogP contribution < -0.4 is 5.73 Å². The normalized spacial score (nSPS) is 19.5. The van der Waals surface area contributed by atoms with Crippen molar-refractivity contribution in [3.63, 3.8) is 0 Å². The molecule has 0 heterocycles. The number of ether oxygens (including phenoxy) is 2. The van der Waals surface area contributed by atoms with Gasteiger partial charge in [0.05, 0.1) is 18.8 Å². The Hall–Kier alpha value is -0.120. The van der Waals surface area contributed by atoms with Gasteiger partial charge in [-0.15, -0.1) is 0 Å². The van der Waals surface area contributed by atoms with Gasteiger partial charge in [0.25, 0.3) is 0 Å². The zero-order valence-corrected chi connectivity index (χ0v) is 10.8. The summed E-state index contributed by atoms with van der Waals surface area (Å²) in [5.41, 5.74) is 5.76. The molecule has 3 heteroatoms. The molecular weight excluding hydrogens is 202 g/mol. The van der Waals surface area contributed by atoms with Crippen LogP contribution in [0.25, 0.3) is 0 Å². The van der Waals surface area contributed by atoms with Crippen LogP contribution in [-0.4, -0.2) is 32.0 Å². The molecule has 0 amide bonds. The van der Waals surface area contributed by atoms with E-state index in [2.05, 4.69) is 13.8 Å². The molecule has 0 aliphatic heterocycles. The van der Waals surface area contributed by atoms with Crippen molar-refractivity contribution in [3.8, 4) is 0 Å². The lowest BCUT2D eigenvalue weighted by Gasteiger charge is -2.27. The number of hydrogen-bond donors (Lipinski definition) is 1. The minimum atomic E-state index is -0.0264. The molecule has 0 radical (unpaired) electrons. The molecule has 1 aliphatic carbocycles. The Morgan fingerprint density at radius 2 is 1.81 bits per heavy atom. The number of rotatable bonds is 8. The van der Waals surface area contributed by atoms with Gasteiger partial charge >= 0.3 is 0 Å². The molecule has 0 aromatic rings. The molecule has 3 nitrogen and oxygen atoms in total. The van der Waals surface area contributed by atoms with Crippen LogP contribution in [0.15, 0.2) is 0 Å². The van der Waals surface area contributed by atoms with Gasteiger partial charge in [-0.05, 0) is 25.2 Å². The minimum Gasteiger partial charge on any atom is -0.379 e. The maximum Gasteiger partial charge on any atom is 0.0805 e. The van der Waals surface area contributed by atoms with Crippen LogP contribution in [0.4, 0.5) is 0 Å². The van der Waals surface area contributed by atoms with E-state index in [4.69, 9.17) is 15.2 Å². The Morgan fingerprint density at radius 3 is 2.38 bits per heavy atom. The molecule has 0 spiro atoms. The molecule has 96 valence electrons. The largest absolute Gasteiger partial charge is 0.379 e. The van der Waals surface area contributed by atoms with E-state index in [9.17, 15) is 0 Å². The van der Waals surface area contributed by atoms with Gasteiger partial charge in [-0.1, -0.05) is 26.7 Å². The van der Waals surface area contributed by atoms with Crippen LogP contribution in [0.2, 0.25) is 0 Å². The SMILES string of the molecule is CC(C)CCOCCOC1(CN)CCCC1. The van der Waals surface area contributed by atoms with Gasteiger partial charge < -0.3 is 15.2 Å². The first-order valence-electron chi connectivity index (χ1n) is 6.60. The smallest absolute Gasteiger partial charge is 0.0805 e. The molecule has 0 saturated heterocycles. The van der Waals surface area contributed by atoms with E-state index >= 15 is 0 Å². The van der Waals surface area contributed by atoms with Crippen molar-refractivity contribution in [1.82, 2.24) is 0 Å². The van der Waals surface area contributed by atoms with Crippen molar-refractivity contribution >= 4 is 0 Å². The predicted octanol–water partition coefficient (Wildman–Crippen LogP) is 2.34. The molecule has 1 fully saturated rings. The van der Waals surface area contributed by atoms with Crippen molar-refractivity contribution in [2.24, 2.45) is 11.7 Å². The van der Waals surface area contributed by atoms with Crippen molar-refractivity contribution in [1.29, 1.82) is 0 Å². The summed E-state index contributed by atoms with van der Waals surface area (Å²) in [7, 11) is 0. The maximum atomic E-state index is 5.90. The topological polar surface area (TPSA) is 44.5 Å². The third-order valence-corrected chi connectivity index (χ3v) is 3.36.